The summed E-state index contributed by atoms with van der Waals surface area (Å²) >= 11 is 6.38. The fraction of sp³-hybridized carbons (Fsp3) is 0.192. The summed E-state index contributed by atoms with van der Waals surface area (Å²) in [6.07, 6.45) is 0. The van der Waals surface area contributed by atoms with Gasteiger partial charge in [0.15, 0.2) is 0 Å². The highest BCUT2D eigenvalue weighted by molar-refractivity contribution is 6.36. The first-order valence-corrected chi connectivity index (χ1v) is 10.7. The first-order chi connectivity index (χ1) is 15.0. The Kier molecular flexibility index (Phi) is 3.67. The standard InChI is InChI=1S/C26H18ClNO3/c1-14(29)26-17-10-4-2-8-15(17)21(16-9-3-5-11-18(16)26)22-23(26)25(31)28(24(22)30)20-13-7-6-12-19(20)27/h2-13,21-23H,1H3/t21?,22-,23+,26?/m0/s1. The number of ketones is 1. The summed E-state index contributed by atoms with van der Waals surface area (Å²) in [7, 11) is 0. The number of hydrogen-bond acceptors (Lipinski definition) is 3. The number of carbonyl (C=O) groups excluding carboxylic acids is 3. The molecule has 4 aliphatic rings. The third kappa shape index (κ3) is 2.04. The summed E-state index contributed by atoms with van der Waals surface area (Å²) in [6.45, 7) is 1.53. The van der Waals surface area contributed by atoms with Crippen molar-refractivity contribution in [3.63, 3.8) is 0 Å². The minimum Gasteiger partial charge on any atom is -0.299 e. The van der Waals surface area contributed by atoms with Crippen molar-refractivity contribution in [3.05, 3.63) is 100 Å². The van der Waals surface area contributed by atoms with Crippen molar-refractivity contribution in [2.24, 2.45) is 11.8 Å². The molecule has 5 heteroatoms. The summed E-state index contributed by atoms with van der Waals surface area (Å²) in [5, 5.41) is 0.335. The lowest BCUT2D eigenvalue weighted by molar-refractivity contribution is -0.132. The Morgan fingerprint density at radius 2 is 1.39 bits per heavy atom. The Hall–Kier alpha value is -3.24. The monoisotopic (exact) mass is 427 g/mol. The average molecular weight is 428 g/mol. The van der Waals surface area contributed by atoms with E-state index in [0.29, 0.717) is 10.7 Å². The maximum absolute atomic E-state index is 13.9. The summed E-state index contributed by atoms with van der Waals surface area (Å²) < 4.78 is 0. The molecule has 0 spiro atoms. The van der Waals surface area contributed by atoms with Crippen molar-refractivity contribution in [2.75, 3.05) is 4.90 Å². The fourth-order valence-corrected chi connectivity index (χ4v) is 6.46. The summed E-state index contributed by atoms with van der Waals surface area (Å²) in [6, 6.07) is 22.4. The van der Waals surface area contributed by atoms with Crippen molar-refractivity contribution in [1.82, 2.24) is 0 Å². The number of amides is 2. The van der Waals surface area contributed by atoms with Crippen LogP contribution in [0.25, 0.3) is 0 Å². The average Bonchev–Trinajstić information content (AvgIpc) is 3.05. The van der Waals surface area contributed by atoms with E-state index >= 15 is 0 Å². The third-order valence-electron chi connectivity index (χ3n) is 7.27. The first-order valence-electron chi connectivity index (χ1n) is 10.3. The van der Waals surface area contributed by atoms with E-state index in [0.717, 1.165) is 22.3 Å². The van der Waals surface area contributed by atoms with Gasteiger partial charge in [-0.15, -0.1) is 0 Å². The Balaban J connectivity index is 1.69. The molecule has 31 heavy (non-hydrogen) atoms. The summed E-state index contributed by atoms with van der Waals surface area (Å²) in [4.78, 5) is 42.4. The van der Waals surface area contributed by atoms with Gasteiger partial charge in [-0.3, -0.25) is 14.4 Å². The Bertz CT molecular complexity index is 1270. The zero-order chi connectivity index (χ0) is 21.5. The van der Waals surface area contributed by atoms with Crippen molar-refractivity contribution in [3.8, 4) is 0 Å². The Morgan fingerprint density at radius 3 is 1.97 bits per heavy atom. The van der Waals surface area contributed by atoms with Gasteiger partial charge in [0, 0.05) is 5.92 Å². The van der Waals surface area contributed by atoms with E-state index in [4.69, 9.17) is 11.6 Å². The van der Waals surface area contributed by atoms with Gasteiger partial charge in [-0.05, 0) is 41.3 Å². The highest BCUT2D eigenvalue weighted by Crippen LogP contribution is 2.64. The molecule has 0 N–H and O–H groups in total. The molecule has 1 heterocycles. The van der Waals surface area contributed by atoms with E-state index in [9.17, 15) is 14.4 Å². The summed E-state index contributed by atoms with van der Waals surface area (Å²) in [5.74, 6) is -2.47. The molecule has 2 amide bonds. The maximum Gasteiger partial charge on any atom is 0.239 e. The molecule has 7 rings (SSSR count). The number of halogens is 1. The number of para-hydroxylation sites is 1. The van der Waals surface area contributed by atoms with Gasteiger partial charge in [0.1, 0.15) is 5.78 Å². The molecule has 152 valence electrons. The van der Waals surface area contributed by atoms with Crippen LogP contribution in [0.15, 0.2) is 72.8 Å². The number of carbonyl (C=O) groups is 3. The molecular weight excluding hydrogens is 410 g/mol. The first kappa shape index (κ1) is 18.5. The molecule has 3 aromatic rings. The van der Waals surface area contributed by atoms with Gasteiger partial charge in [0.05, 0.1) is 28.0 Å². The number of anilines is 1. The highest BCUT2D eigenvalue weighted by Gasteiger charge is 2.70. The quantitative estimate of drug-likeness (QED) is 0.566. The lowest BCUT2D eigenvalue weighted by Crippen LogP contribution is -2.57. The van der Waals surface area contributed by atoms with Crippen LogP contribution in [0.1, 0.15) is 35.1 Å². The van der Waals surface area contributed by atoms with Gasteiger partial charge in [-0.2, -0.15) is 0 Å². The Morgan fingerprint density at radius 1 is 0.839 bits per heavy atom. The lowest BCUT2D eigenvalue weighted by atomic mass is 9.46. The van der Waals surface area contributed by atoms with E-state index in [1.165, 1.54) is 11.8 Å². The number of imide groups is 1. The fourth-order valence-electron chi connectivity index (χ4n) is 6.24. The SMILES string of the molecule is CC(=O)C12c3ccccc3C(c3ccccc31)[C@@H]1C(=O)N(c3ccccc3Cl)C(=O)[C@@H]12. The van der Waals surface area contributed by atoms with Crippen LogP contribution in [0.2, 0.25) is 5.02 Å². The van der Waals surface area contributed by atoms with E-state index in [1.54, 1.807) is 24.3 Å². The topological polar surface area (TPSA) is 54.5 Å². The van der Waals surface area contributed by atoms with Crippen molar-refractivity contribution in [2.45, 2.75) is 18.3 Å². The zero-order valence-electron chi connectivity index (χ0n) is 16.7. The van der Waals surface area contributed by atoms with Gasteiger partial charge < -0.3 is 0 Å². The molecule has 1 fully saturated rings. The molecule has 4 nitrogen and oxygen atoms in total. The van der Waals surface area contributed by atoms with Crippen LogP contribution >= 0.6 is 11.6 Å². The van der Waals surface area contributed by atoms with Gasteiger partial charge in [-0.1, -0.05) is 72.3 Å². The van der Waals surface area contributed by atoms with Crippen LogP contribution in [0.4, 0.5) is 5.69 Å². The molecule has 0 radical (unpaired) electrons. The van der Waals surface area contributed by atoms with Gasteiger partial charge in [0.2, 0.25) is 11.8 Å². The van der Waals surface area contributed by atoms with Crippen LogP contribution in [0.5, 0.6) is 0 Å². The second-order valence-corrected chi connectivity index (χ2v) is 8.89. The van der Waals surface area contributed by atoms with Crippen molar-refractivity contribution in [1.29, 1.82) is 0 Å². The molecule has 1 saturated heterocycles. The normalized spacial score (nSPS) is 27.7. The third-order valence-corrected chi connectivity index (χ3v) is 7.59. The van der Waals surface area contributed by atoms with E-state index in [-0.39, 0.29) is 23.5 Å². The number of benzene rings is 3. The minimum atomic E-state index is -1.19. The molecule has 3 aliphatic carbocycles. The van der Waals surface area contributed by atoms with E-state index in [2.05, 4.69) is 0 Å². The molecular formula is C26H18ClNO3. The number of hydrogen-bond donors (Lipinski definition) is 0. The number of rotatable bonds is 2. The predicted octanol–water partition coefficient (Wildman–Crippen LogP) is 4.48. The second-order valence-electron chi connectivity index (χ2n) is 8.48. The van der Waals surface area contributed by atoms with Gasteiger partial charge in [0.25, 0.3) is 0 Å². The Labute approximate surface area is 184 Å². The van der Waals surface area contributed by atoms with E-state index in [1.807, 2.05) is 48.5 Å². The van der Waals surface area contributed by atoms with E-state index < -0.39 is 17.3 Å². The molecule has 2 bridgehead atoms. The molecule has 2 atom stereocenters. The lowest BCUT2D eigenvalue weighted by Gasteiger charge is -2.52. The molecule has 0 aromatic heterocycles. The van der Waals surface area contributed by atoms with Crippen LogP contribution in [-0.4, -0.2) is 17.6 Å². The molecule has 3 aromatic carbocycles. The van der Waals surface area contributed by atoms with Gasteiger partial charge in [-0.25, -0.2) is 4.90 Å². The highest BCUT2D eigenvalue weighted by atomic mass is 35.5. The van der Waals surface area contributed by atoms with Crippen molar-refractivity contribution < 1.29 is 14.4 Å². The summed E-state index contributed by atoms with van der Waals surface area (Å²) in [5.41, 5.74) is 2.79. The molecule has 0 unspecified atom stereocenters. The van der Waals surface area contributed by atoms with Crippen LogP contribution in [-0.2, 0) is 19.8 Å². The largest absolute Gasteiger partial charge is 0.299 e. The van der Waals surface area contributed by atoms with Gasteiger partial charge >= 0.3 is 0 Å². The van der Waals surface area contributed by atoms with Crippen LogP contribution in [0.3, 0.4) is 0 Å². The molecule has 0 saturated carbocycles. The number of nitrogens with zero attached hydrogens (tertiary/aromatic N) is 1. The van der Waals surface area contributed by atoms with Crippen molar-refractivity contribution >= 4 is 34.9 Å². The minimum absolute atomic E-state index is 0.122. The number of Topliss-reactive ketones (excluding diaryl/α,β-unsaturated/α-hetero) is 1. The van der Waals surface area contributed by atoms with Crippen LogP contribution in [0, 0.1) is 11.8 Å². The zero-order valence-corrected chi connectivity index (χ0v) is 17.5. The predicted molar refractivity (Wildman–Crippen MR) is 117 cm³/mol. The maximum atomic E-state index is 13.9. The molecule has 1 aliphatic heterocycles. The second kappa shape index (κ2) is 6.14. The smallest absolute Gasteiger partial charge is 0.239 e. The van der Waals surface area contributed by atoms with Crippen LogP contribution < -0.4 is 4.90 Å².